The number of aromatic nitrogens is 2. The fraction of sp³-hybridized carbons (Fsp3) is 0.400. The number of hydrogen-bond donors (Lipinski definition) is 1. The molecular weight excluding hydrogens is 316 g/mol. The van der Waals surface area contributed by atoms with Crippen LogP contribution >= 0.6 is 15.9 Å². The van der Waals surface area contributed by atoms with Crippen LogP contribution in [0.5, 0.6) is 0 Å². The largest absolute Gasteiger partial charge is 0.382 e. The Morgan fingerprint density at radius 2 is 2.15 bits per heavy atom. The van der Waals surface area contributed by atoms with E-state index in [2.05, 4.69) is 62.4 Å². The van der Waals surface area contributed by atoms with Gasteiger partial charge in [0.05, 0.1) is 33.8 Å². The normalized spacial score (nSPS) is 14.1. The summed E-state index contributed by atoms with van der Waals surface area (Å²) in [6.45, 7) is 5.00. The molecule has 2 heterocycles. The van der Waals surface area contributed by atoms with Gasteiger partial charge in [-0.1, -0.05) is 19.1 Å². The van der Waals surface area contributed by atoms with E-state index in [4.69, 9.17) is 0 Å². The number of fused-ring (bicyclic) bond motifs is 1. The molecule has 0 radical (unpaired) electrons. The molecule has 0 spiro atoms. The van der Waals surface area contributed by atoms with Gasteiger partial charge < -0.3 is 10.2 Å². The maximum Gasteiger partial charge on any atom is 0.0767 e. The summed E-state index contributed by atoms with van der Waals surface area (Å²) in [5.41, 5.74) is 4.85. The Morgan fingerprint density at radius 1 is 1.35 bits per heavy atom. The number of aryl methyl sites for hydroxylation is 2. The standard InChI is InChI=1S/C15H19BrN4/c1-3-11-15(16)14(19(2)18-11)10-20-9-8-17-12-6-4-5-7-13(12)20/h4-7,17H,3,8-10H2,1-2H3. The van der Waals surface area contributed by atoms with E-state index in [-0.39, 0.29) is 0 Å². The van der Waals surface area contributed by atoms with Crippen LogP contribution in [0.25, 0.3) is 0 Å². The van der Waals surface area contributed by atoms with Crippen molar-refractivity contribution in [3.05, 3.63) is 40.1 Å². The lowest BCUT2D eigenvalue weighted by Gasteiger charge is -2.32. The third-order valence-electron chi connectivity index (χ3n) is 3.79. The number of benzene rings is 1. The Morgan fingerprint density at radius 3 is 2.90 bits per heavy atom. The first-order valence-electron chi connectivity index (χ1n) is 6.98. The van der Waals surface area contributed by atoms with Gasteiger partial charge in [0.25, 0.3) is 0 Å². The maximum absolute atomic E-state index is 4.58. The summed E-state index contributed by atoms with van der Waals surface area (Å²) in [7, 11) is 2.02. The van der Waals surface area contributed by atoms with Gasteiger partial charge in [-0.25, -0.2) is 0 Å². The van der Waals surface area contributed by atoms with Gasteiger partial charge in [-0.3, -0.25) is 4.68 Å². The minimum Gasteiger partial charge on any atom is -0.382 e. The zero-order valence-electron chi connectivity index (χ0n) is 11.9. The number of para-hydroxylation sites is 2. The van der Waals surface area contributed by atoms with E-state index >= 15 is 0 Å². The van der Waals surface area contributed by atoms with Crippen LogP contribution in [0, 0.1) is 0 Å². The topological polar surface area (TPSA) is 33.1 Å². The number of hydrogen-bond acceptors (Lipinski definition) is 3. The van der Waals surface area contributed by atoms with Crippen molar-refractivity contribution in [3.8, 4) is 0 Å². The molecule has 1 aromatic carbocycles. The van der Waals surface area contributed by atoms with Crippen LogP contribution in [0.4, 0.5) is 11.4 Å². The van der Waals surface area contributed by atoms with Gasteiger partial charge in [0.15, 0.2) is 0 Å². The molecule has 0 fully saturated rings. The number of nitrogens with zero attached hydrogens (tertiary/aromatic N) is 3. The van der Waals surface area contributed by atoms with E-state index in [1.54, 1.807) is 0 Å². The molecule has 20 heavy (non-hydrogen) atoms. The number of anilines is 2. The van der Waals surface area contributed by atoms with Crippen LogP contribution in [-0.2, 0) is 20.0 Å². The van der Waals surface area contributed by atoms with Gasteiger partial charge >= 0.3 is 0 Å². The van der Waals surface area contributed by atoms with E-state index in [1.165, 1.54) is 17.1 Å². The second kappa shape index (κ2) is 5.48. The molecule has 0 amide bonds. The van der Waals surface area contributed by atoms with Crippen molar-refractivity contribution < 1.29 is 0 Å². The molecule has 1 N–H and O–H groups in total. The van der Waals surface area contributed by atoms with E-state index in [0.29, 0.717) is 0 Å². The first-order chi connectivity index (χ1) is 9.70. The summed E-state index contributed by atoms with van der Waals surface area (Å²) in [4.78, 5) is 2.41. The molecule has 1 aromatic heterocycles. The molecule has 1 aliphatic heterocycles. The van der Waals surface area contributed by atoms with E-state index < -0.39 is 0 Å². The summed E-state index contributed by atoms with van der Waals surface area (Å²) in [6.07, 6.45) is 0.951. The first-order valence-corrected chi connectivity index (χ1v) is 7.78. The number of rotatable bonds is 3. The highest BCUT2D eigenvalue weighted by Gasteiger charge is 2.20. The van der Waals surface area contributed by atoms with Crippen LogP contribution < -0.4 is 10.2 Å². The van der Waals surface area contributed by atoms with Gasteiger partial charge in [0.2, 0.25) is 0 Å². The summed E-state index contributed by atoms with van der Waals surface area (Å²) in [6, 6.07) is 8.48. The quantitative estimate of drug-likeness (QED) is 0.935. The zero-order chi connectivity index (χ0) is 14.1. The molecular formula is C15H19BrN4. The monoisotopic (exact) mass is 334 g/mol. The fourth-order valence-electron chi connectivity index (χ4n) is 2.68. The molecule has 0 saturated carbocycles. The summed E-state index contributed by atoms with van der Waals surface area (Å²) in [5, 5.41) is 8.03. The lowest BCUT2D eigenvalue weighted by Crippen LogP contribution is -2.34. The van der Waals surface area contributed by atoms with Crippen molar-refractivity contribution in [2.45, 2.75) is 19.9 Å². The summed E-state index contributed by atoms with van der Waals surface area (Å²) in [5.74, 6) is 0. The molecule has 2 aromatic rings. The predicted octanol–water partition coefficient (Wildman–Crippen LogP) is 3.18. The molecule has 0 bridgehead atoms. The Bertz CT molecular complexity index is 620. The van der Waals surface area contributed by atoms with E-state index in [0.717, 1.165) is 36.2 Å². The Balaban J connectivity index is 1.91. The van der Waals surface area contributed by atoms with Gasteiger partial charge in [-0.05, 0) is 34.5 Å². The minimum atomic E-state index is 0.878. The SMILES string of the molecule is CCc1nn(C)c(CN2CCNc3ccccc32)c1Br. The van der Waals surface area contributed by atoms with Crippen LogP contribution in [0.3, 0.4) is 0 Å². The fourth-order valence-corrected chi connectivity index (χ4v) is 3.42. The molecule has 4 nitrogen and oxygen atoms in total. The van der Waals surface area contributed by atoms with Crippen LogP contribution in [0.1, 0.15) is 18.3 Å². The van der Waals surface area contributed by atoms with Crippen LogP contribution in [-0.4, -0.2) is 22.9 Å². The molecule has 1 aliphatic rings. The Kier molecular flexibility index (Phi) is 3.70. The van der Waals surface area contributed by atoms with E-state index in [9.17, 15) is 0 Å². The van der Waals surface area contributed by atoms with Crippen molar-refractivity contribution >= 4 is 27.3 Å². The molecule has 0 atom stereocenters. The van der Waals surface area contributed by atoms with Gasteiger partial charge in [0, 0.05) is 20.1 Å². The molecule has 0 aliphatic carbocycles. The lowest BCUT2D eigenvalue weighted by atomic mass is 10.2. The molecule has 3 rings (SSSR count). The number of halogens is 1. The smallest absolute Gasteiger partial charge is 0.0767 e. The second-order valence-electron chi connectivity index (χ2n) is 5.05. The van der Waals surface area contributed by atoms with Crippen molar-refractivity contribution in [1.29, 1.82) is 0 Å². The summed E-state index contributed by atoms with van der Waals surface area (Å²) < 4.78 is 3.15. The van der Waals surface area contributed by atoms with Gasteiger partial charge in [0.1, 0.15) is 0 Å². The van der Waals surface area contributed by atoms with Crippen LogP contribution in [0.2, 0.25) is 0 Å². The average Bonchev–Trinajstić information content (AvgIpc) is 2.75. The van der Waals surface area contributed by atoms with Crippen LogP contribution in [0.15, 0.2) is 28.7 Å². The number of nitrogens with one attached hydrogen (secondary N) is 1. The molecule has 0 unspecified atom stereocenters. The summed E-state index contributed by atoms with van der Waals surface area (Å²) >= 11 is 3.70. The lowest BCUT2D eigenvalue weighted by molar-refractivity contribution is 0.670. The third kappa shape index (κ3) is 2.30. The highest BCUT2D eigenvalue weighted by molar-refractivity contribution is 9.10. The molecule has 106 valence electrons. The van der Waals surface area contributed by atoms with Crippen molar-refractivity contribution in [1.82, 2.24) is 9.78 Å². The van der Waals surface area contributed by atoms with E-state index in [1.807, 2.05) is 11.7 Å². The Hall–Kier alpha value is -1.49. The third-order valence-corrected chi connectivity index (χ3v) is 4.70. The highest BCUT2D eigenvalue weighted by atomic mass is 79.9. The molecule has 0 saturated heterocycles. The molecule has 5 heteroatoms. The van der Waals surface area contributed by atoms with Crippen molar-refractivity contribution in [3.63, 3.8) is 0 Å². The van der Waals surface area contributed by atoms with Crippen molar-refractivity contribution in [2.24, 2.45) is 7.05 Å². The zero-order valence-corrected chi connectivity index (χ0v) is 13.4. The minimum absolute atomic E-state index is 0.878. The van der Waals surface area contributed by atoms with Gasteiger partial charge in [-0.15, -0.1) is 0 Å². The first kappa shape index (κ1) is 13.5. The predicted molar refractivity (Wildman–Crippen MR) is 86.3 cm³/mol. The highest BCUT2D eigenvalue weighted by Crippen LogP contribution is 2.31. The van der Waals surface area contributed by atoms with Crippen molar-refractivity contribution in [2.75, 3.05) is 23.3 Å². The Labute approximate surface area is 127 Å². The maximum atomic E-state index is 4.58. The second-order valence-corrected chi connectivity index (χ2v) is 5.84. The average molecular weight is 335 g/mol. The van der Waals surface area contributed by atoms with Gasteiger partial charge in [-0.2, -0.15) is 5.10 Å².